The van der Waals surface area contributed by atoms with Crippen molar-refractivity contribution in [1.82, 2.24) is 4.57 Å². The Kier molecular flexibility index (Phi) is 5.04. The van der Waals surface area contributed by atoms with E-state index in [9.17, 15) is 13.2 Å². The SMILES string of the molecule is CS(=O)(=O)OCCCOc1cccc2c1ccn2CC(=O)O. The highest BCUT2D eigenvalue weighted by Crippen LogP contribution is 2.26. The first-order valence-corrected chi connectivity index (χ1v) is 8.45. The highest BCUT2D eigenvalue weighted by atomic mass is 32.2. The molecule has 0 saturated heterocycles. The molecule has 0 fully saturated rings. The quantitative estimate of drug-likeness (QED) is 0.583. The Hall–Kier alpha value is -2.06. The Labute approximate surface area is 128 Å². The largest absolute Gasteiger partial charge is 0.493 e. The molecule has 1 aromatic carbocycles. The number of benzene rings is 1. The van der Waals surface area contributed by atoms with E-state index in [0.717, 1.165) is 17.2 Å². The van der Waals surface area contributed by atoms with Gasteiger partial charge in [0.1, 0.15) is 12.3 Å². The van der Waals surface area contributed by atoms with Crippen LogP contribution in [0, 0.1) is 0 Å². The van der Waals surface area contributed by atoms with Crippen molar-refractivity contribution < 1.29 is 27.2 Å². The number of carboxylic acids is 1. The number of nitrogens with zero attached hydrogens (tertiary/aromatic N) is 1. The molecule has 7 nitrogen and oxygen atoms in total. The summed E-state index contributed by atoms with van der Waals surface area (Å²) in [6.45, 7) is 0.253. The summed E-state index contributed by atoms with van der Waals surface area (Å²) in [6.07, 6.45) is 3.12. The molecule has 0 aliphatic rings. The van der Waals surface area contributed by atoms with E-state index in [1.54, 1.807) is 29.0 Å². The number of carboxylic acid groups (broad SMARTS) is 1. The molecule has 22 heavy (non-hydrogen) atoms. The van der Waals surface area contributed by atoms with E-state index in [1.165, 1.54) is 0 Å². The maximum Gasteiger partial charge on any atom is 0.323 e. The first-order valence-electron chi connectivity index (χ1n) is 6.64. The molecule has 2 aromatic rings. The van der Waals surface area contributed by atoms with Crippen molar-refractivity contribution in [1.29, 1.82) is 0 Å². The van der Waals surface area contributed by atoms with Gasteiger partial charge in [-0.2, -0.15) is 8.42 Å². The summed E-state index contributed by atoms with van der Waals surface area (Å²) in [6, 6.07) is 7.17. The van der Waals surface area contributed by atoms with Gasteiger partial charge < -0.3 is 14.4 Å². The van der Waals surface area contributed by atoms with E-state index in [4.69, 9.17) is 9.84 Å². The third-order valence-corrected chi connectivity index (χ3v) is 3.52. The van der Waals surface area contributed by atoms with E-state index in [0.29, 0.717) is 18.8 Å². The molecular weight excluding hydrogens is 310 g/mol. The van der Waals surface area contributed by atoms with E-state index in [1.807, 2.05) is 6.07 Å². The minimum absolute atomic E-state index is 0.0643. The summed E-state index contributed by atoms with van der Waals surface area (Å²) in [5.41, 5.74) is 0.771. The summed E-state index contributed by atoms with van der Waals surface area (Å²) in [5, 5.41) is 9.68. The van der Waals surface area contributed by atoms with Gasteiger partial charge in [-0.05, 0) is 18.2 Å². The van der Waals surface area contributed by atoms with Crippen molar-refractivity contribution in [3.63, 3.8) is 0 Å². The van der Waals surface area contributed by atoms with Crippen molar-refractivity contribution in [2.45, 2.75) is 13.0 Å². The van der Waals surface area contributed by atoms with Crippen LogP contribution in [-0.2, 0) is 25.6 Å². The summed E-state index contributed by atoms with van der Waals surface area (Å²) in [5.74, 6) is -0.289. The van der Waals surface area contributed by atoms with Crippen LogP contribution in [0.15, 0.2) is 30.5 Å². The Morgan fingerprint density at radius 1 is 1.27 bits per heavy atom. The van der Waals surface area contributed by atoms with Gasteiger partial charge in [-0.15, -0.1) is 0 Å². The molecule has 0 radical (unpaired) electrons. The number of aliphatic carboxylic acids is 1. The monoisotopic (exact) mass is 327 g/mol. The van der Waals surface area contributed by atoms with Crippen molar-refractivity contribution in [2.24, 2.45) is 0 Å². The van der Waals surface area contributed by atoms with E-state index < -0.39 is 16.1 Å². The van der Waals surface area contributed by atoms with Gasteiger partial charge >= 0.3 is 5.97 Å². The number of aromatic nitrogens is 1. The third-order valence-electron chi connectivity index (χ3n) is 2.92. The van der Waals surface area contributed by atoms with Gasteiger partial charge in [0.15, 0.2) is 0 Å². The number of hydrogen-bond donors (Lipinski definition) is 1. The van der Waals surface area contributed by atoms with Gasteiger partial charge in [-0.25, -0.2) is 0 Å². The Balaban J connectivity index is 2.00. The molecule has 0 amide bonds. The lowest BCUT2D eigenvalue weighted by Crippen LogP contribution is -2.08. The second-order valence-electron chi connectivity index (χ2n) is 4.75. The number of fused-ring (bicyclic) bond motifs is 1. The zero-order valence-corrected chi connectivity index (χ0v) is 12.9. The summed E-state index contributed by atoms with van der Waals surface area (Å²) in [7, 11) is -3.43. The second-order valence-corrected chi connectivity index (χ2v) is 6.40. The topological polar surface area (TPSA) is 94.8 Å². The normalized spacial score (nSPS) is 11.7. The maximum absolute atomic E-state index is 10.8. The fraction of sp³-hybridized carbons (Fsp3) is 0.357. The molecule has 2 rings (SSSR count). The van der Waals surface area contributed by atoms with Gasteiger partial charge in [-0.1, -0.05) is 6.07 Å². The zero-order chi connectivity index (χ0) is 16.2. The molecule has 0 spiro atoms. The van der Waals surface area contributed by atoms with Crippen molar-refractivity contribution in [3.8, 4) is 5.75 Å². The summed E-state index contributed by atoms with van der Waals surface area (Å²) in [4.78, 5) is 10.8. The molecule has 120 valence electrons. The Morgan fingerprint density at radius 3 is 2.73 bits per heavy atom. The smallest absolute Gasteiger partial charge is 0.323 e. The second kappa shape index (κ2) is 6.80. The fourth-order valence-electron chi connectivity index (χ4n) is 2.06. The minimum Gasteiger partial charge on any atom is -0.493 e. The summed E-state index contributed by atoms with van der Waals surface area (Å²) < 4.78 is 33.5. The molecule has 0 aliphatic heterocycles. The van der Waals surface area contributed by atoms with Crippen LogP contribution in [0.1, 0.15) is 6.42 Å². The van der Waals surface area contributed by atoms with Gasteiger partial charge in [0.25, 0.3) is 10.1 Å². The van der Waals surface area contributed by atoms with Crippen LogP contribution in [-0.4, -0.2) is 43.5 Å². The van der Waals surface area contributed by atoms with Crippen molar-refractivity contribution in [3.05, 3.63) is 30.5 Å². The molecule has 0 atom stereocenters. The van der Waals surface area contributed by atoms with Crippen LogP contribution < -0.4 is 4.74 Å². The molecular formula is C14H17NO6S. The van der Waals surface area contributed by atoms with Gasteiger partial charge in [0, 0.05) is 18.0 Å². The maximum atomic E-state index is 10.8. The first kappa shape index (κ1) is 16.3. The fourth-order valence-corrected chi connectivity index (χ4v) is 2.48. The highest BCUT2D eigenvalue weighted by molar-refractivity contribution is 7.85. The Bertz CT molecular complexity index is 765. The first-order chi connectivity index (χ1) is 10.4. The van der Waals surface area contributed by atoms with Crippen LogP contribution in [0.3, 0.4) is 0 Å². The lowest BCUT2D eigenvalue weighted by Gasteiger charge is -2.08. The van der Waals surface area contributed by atoms with Gasteiger partial charge in [0.05, 0.1) is 25.0 Å². The van der Waals surface area contributed by atoms with Crippen molar-refractivity contribution in [2.75, 3.05) is 19.5 Å². The molecule has 0 saturated carbocycles. The predicted molar refractivity (Wildman–Crippen MR) is 80.5 cm³/mol. The zero-order valence-electron chi connectivity index (χ0n) is 12.1. The standard InChI is InChI=1S/C14H17NO6S/c1-22(18,19)21-9-3-8-20-13-5-2-4-12-11(13)6-7-15(12)10-14(16)17/h2,4-7H,3,8-10H2,1H3,(H,16,17). The van der Waals surface area contributed by atoms with Gasteiger partial charge in [0.2, 0.25) is 0 Å². The average molecular weight is 327 g/mol. The van der Waals surface area contributed by atoms with E-state index in [2.05, 4.69) is 4.18 Å². The van der Waals surface area contributed by atoms with Crippen LogP contribution in [0.4, 0.5) is 0 Å². The molecule has 0 unspecified atom stereocenters. The number of carbonyl (C=O) groups is 1. The lowest BCUT2D eigenvalue weighted by molar-refractivity contribution is -0.137. The molecule has 8 heteroatoms. The number of hydrogen-bond acceptors (Lipinski definition) is 5. The van der Waals surface area contributed by atoms with Gasteiger partial charge in [-0.3, -0.25) is 8.98 Å². The molecule has 0 aliphatic carbocycles. The van der Waals surface area contributed by atoms with E-state index >= 15 is 0 Å². The van der Waals surface area contributed by atoms with Crippen LogP contribution >= 0.6 is 0 Å². The minimum atomic E-state index is -3.43. The molecule has 1 N–H and O–H groups in total. The Morgan fingerprint density at radius 2 is 2.05 bits per heavy atom. The highest BCUT2D eigenvalue weighted by Gasteiger charge is 2.09. The third kappa shape index (κ3) is 4.47. The van der Waals surface area contributed by atoms with Crippen LogP contribution in [0.2, 0.25) is 0 Å². The molecule has 1 heterocycles. The lowest BCUT2D eigenvalue weighted by atomic mass is 10.2. The molecule has 0 bridgehead atoms. The predicted octanol–water partition coefficient (Wildman–Crippen LogP) is 1.47. The average Bonchev–Trinajstić information content (AvgIpc) is 2.80. The number of rotatable bonds is 8. The molecule has 1 aromatic heterocycles. The van der Waals surface area contributed by atoms with E-state index in [-0.39, 0.29) is 13.2 Å². The number of ether oxygens (including phenoxy) is 1. The van der Waals surface area contributed by atoms with Crippen LogP contribution in [0.5, 0.6) is 5.75 Å². The van der Waals surface area contributed by atoms with Crippen molar-refractivity contribution >= 4 is 27.0 Å². The van der Waals surface area contributed by atoms with Crippen LogP contribution in [0.25, 0.3) is 10.9 Å². The summed E-state index contributed by atoms with van der Waals surface area (Å²) >= 11 is 0.